The van der Waals surface area contributed by atoms with Crippen molar-refractivity contribution in [3.63, 3.8) is 0 Å². The maximum atomic E-state index is 4.74. The molecule has 230 valence electrons. The van der Waals surface area contributed by atoms with Crippen LogP contribution in [-0.4, -0.2) is 23.9 Å². The summed E-state index contributed by atoms with van der Waals surface area (Å²) in [7, 11) is 0. The summed E-state index contributed by atoms with van der Waals surface area (Å²) in [6.45, 7) is 0. The summed E-state index contributed by atoms with van der Waals surface area (Å²) in [6.07, 6.45) is 0. The van der Waals surface area contributed by atoms with Gasteiger partial charge in [-0.25, -0.2) is 0 Å². The molecule has 0 fully saturated rings. The van der Waals surface area contributed by atoms with E-state index in [1.165, 1.54) is 32.6 Å². The molecule has 3 heterocycles. The van der Waals surface area contributed by atoms with Crippen molar-refractivity contribution in [1.82, 2.24) is 23.9 Å². The average Bonchev–Trinajstić information content (AvgIpc) is 3.86. The first kappa shape index (κ1) is 27.4. The van der Waals surface area contributed by atoms with E-state index in [9.17, 15) is 0 Å². The van der Waals surface area contributed by atoms with Crippen LogP contribution in [0.15, 0.2) is 176 Å². The molecule has 5 heteroatoms. The highest BCUT2D eigenvalue weighted by Crippen LogP contribution is 2.37. The van der Waals surface area contributed by atoms with Gasteiger partial charge in [-0.1, -0.05) is 127 Å². The van der Waals surface area contributed by atoms with Gasteiger partial charge >= 0.3 is 0 Å². The van der Waals surface area contributed by atoms with Gasteiger partial charge in [-0.3, -0.25) is 4.57 Å². The number of benzene rings is 7. The predicted molar refractivity (Wildman–Crippen MR) is 201 cm³/mol. The van der Waals surface area contributed by atoms with Crippen LogP contribution in [0.3, 0.4) is 0 Å². The van der Waals surface area contributed by atoms with Crippen molar-refractivity contribution in [3.8, 4) is 39.8 Å². The number of para-hydroxylation sites is 3. The Morgan fingerprint density at radius 1 is 0.286 bits per heavy atom. The van der Waals surface area contributed by atoms with E-state index in [0.717, 1.165) is 50.9 Å². The number of aromatic nitrogens is 5. The van der Waals surface area contributed by atoms with Gasteiger partial charge in [0.25, 0.3) is 0 Å². The average molecular weight is 628 g/mol. The lowest BCUT2D eigenvalue weighted by Crippen LogP contribution is -2.02. The van der Waals surface area contributed by atoms with Crippen LogP contribution in [0.25, 0.3) is 83.4 Å². The summed E-state index contributed by atoms with van der Waals surface area (Å²) in [5, 5.41) is 14.4. The summed E-state index contributed by atoms with van der Waals surface area (Å²) in [4.78, 5) is 0. The zero-order chi connectivity index (χ0) is 32.3. The fraction of sp³-hybridized carbons (Fsp3) is 0. The molecule has 0 amide bonds. The molecule has 0 atom stereocenters. The van der Waals surface area contributed by atoms with Gasteiger partial charge < -0.3 is 9.13 Å². The molecule has 0 N–H and O–H groups in total. The van der Waals surface area contributed by atoms with Gasteiger partial charge in [-0.05, 0) is 48.5 Å². The Bertz CT molecular complexity index is 2710. The second-order valence-electron chi connectivity index (χ2n) is 12.4. The van der Waals surface area contributed by atoms with Gasteiger partial charge in [0, 0.05) is 44.0 Å². The summed E-state index contributed by atoms with van der Waals surface area (Å²) >= 11 is 0. The number of fused-ring (bicyclic) bond motifs is 6. The summed E-state index contributed by atoms with van der Waals surface area (Å²) in [6, 6.07) is 62.2. The number of hydrogen-bond acceptors (Lipinski definition) is 2. The van der Waals surface area contributed by atoms with Gasteiger partial charge in [0.05, 0.1) is 27.8 Å². The molecule has 0 aliphatic heterocycles. The van der Waals surface area contributed by atoms with E-state index in [0.29, 0.717) is 0 Å². The lowest BCUT2D eigenvalue weighted by atomic mass is 10.1. The zero-order valence-corrected chi connectivity index (χ0v) is 26.5. The van der Waals surface area contributed by atoms with Gasteiger partial charge in [-0.15, -0.1) is 10.2 Å². The normalized spacial score (nSPS) is 11.7. The molecule has 5 nitrogen and oxygen atoms in total. The van der Waals surface area contributed by atoms with Crippen LogP contribution in [0.5, 0.6) is 0 Å². The minimum Gasteiger partial charge on any atom is -0.309 e. The van der Waals surface area contributed by atoms with E-state index in [2.05, 4.69) is 153 Å². The van der Waals surface area contributed by atoms with Crippen molar-refractivity contribution >= 4 is 43.6 Å². The van der Waals surface area contributed by atoms with Crippen molar-refractivity contribution in [1.29, 1.82) is 0 Å². The molecule has 10 aromatic rings. The van der Waals surface area contributed by atoms with Gasteiger partial charge in [0.2, 0.25) is 0 Å². The molecule has 3 aromatic heterocycles. The molecular weight excluding hydrogens is 599 g/mol. The molecule has 0 saturated carbocycles. The minimum atomic E-state index is 0.801. The van der Waals surface area contributed by atoms with Crippen LogP contribution < -0.4 is 0 Å². The maximum absolute atomic E-state index is 4.74. The molecule has 0 radical (unpaired) electrons. The van der Waals surface area contributed by atoms with Crippen molar-refractivity contribution in [2.24, 2.45) is 0 Å². The van der Waals surface area contributed by atoms with Crippen molar-refractivity contribution in [2.75, 3.05) is 0 Å². The van der Waals surface area contributed by atoms with Gasteiger partial charge in [-0.2, -0.15) is 0 Å². The Balaban J connectivity index is 1.23. The molecule has 0 spiro atoms. The molecule has 0 unspecified atom stereocenters. The molecule has 0 saturated heterocycles. The van der Waals surface area contributed by atoms with Crippen LogP contribution in [0.1, 0.15) is 0 Å². The Kier molecular flexibility index (Phi) is 6.11. The predicted octanol–water partition coefficient (Wildman–Crippen LogP) is 10.8. The first-order valence-corrected chi connectivity index (χ1v) is 16.5. The lowest BCUT2D eigenvalue weighted by molar-refractivity contribution is 1.07. The third-order valence-electron chi connectivity index (χ3n) is 9.57. The van der Waals surface area contributed by atoms with Crippen molar-refractivity contribution in [3.05, 3.63) is 176 Å². The highest BCUT2D eigenvalue weighted by atomic mass is 15.3. The first-order valence-electron chi connectivity index (χ1n) is 16.5. The third-order valence-corrected chi connectivity index (χ3v) is 9.57. The standard InChI is InChI=1S/C44H29N5/c1-3-14-30(15-4-1)43-45-46-44(31-16-5-2-6-17-31)49(43)34-26-27-38-37-22-9-12-25-41(37)48(42(38)29-34)33-19-13-18-32(28-33)47-39-23-10-7-20-35(39)36-21-8-11-24-40(36)47/h1-29H. The Morgan fingerprint density at radius 3 is 1.20 bits per heavy atom. The van der Waals surface area contributed by atoms with Crippen LogP contribution in [0.2, 0.25) is 0 Å². The van der Waals surface area contributed by atoms with Crippen LogP contribution in [0, 0.1) is 0 Å². The molecular formula is C44H29N5. The largest absolute Gasteiger partial charge is 0.309 e. The fourth-order valence-electron chi connectivity index (χ4n) is 7.43. The smallest absolute Gasteiger partial charge is 0.168 e. The zero-order valence-electron chi connectivity index (χ0n) is 26.5. The van der Waals surface area contributed by atoms with E-state index in [-0.39, 0.29) is 0 Å². The minimum absolute atomic E-state index is 0.801. The second-order valence-corrected chi connectivity index (χ2v) is 12.4. The lowest BCUT2D eigenvalue weighted by Gasteiger charge is -2.14. The highest BCUT2D eigenvalue weighted by Gasteiger charge is 2.20. The summed E-state index contributed by atoms with van der Waals surface area (Å²) in [5.74, 6) is 1.60. The molecule has 49 heavy (non-hydrogen) atoms. The van der Waals surface area contributed by atoms with Gasteiger partial charge in [0.15, 0.2) is 11.6 Å². The summed E-state index contributed by atoms with van der Waals surface area (Å²) < 4.78 is 6.95. The summed E-state index contributed by atoms with van der Waals surface area (Å²) in [5.41, 5.74) is 9.90. The quantitative estimate of drug-likeness (QED) is 0.190. The van der Waals surface area contributed by atoms with Crippen LogP contribution in [0.4, 0.5) is 0 Å². The Hall–Kier alpha value is -6.72. The number of hydrogen-bond donors (Lipinski definition) is 0. The number of nitrogens with zero attached hydrogens (tertiary/aromatic N) is 5. The molecule has 10 rings (SSSR count). The van der Waals surface area contributed by atoms with E-state index in [4.69, 9.17) is 10.2 Å². The van der Waals surface area contributed by atoms with Gasteiger partial charge in [0.1, 0.15) is 0 Å². The fourth-order valence-corrected chi connectivity index (χ4v) is 7.43. The maximum Gasteiger partial charge on any atom is 0.168 e. The van der Waals surface area contributed by atoms with Crippen LogP contribution in [-0.2, 0) is 0 Å². The molecule has 0 aliphatic rings. The highest BCUT2D eigenvalue weighted by molar-refractivity contribution is 6.11. The van der Waals surface area contributed by atoms with E-state index >= 15 is 0 Å². The van der Waals surface area contributed by atoms with E-state index < -0.39 is 0 Å². The topological polar surface area (TPSA) is 40.6 Å². The SMILES string of the molecule is c1ccc(-c2nnc(-c3ccccc3)n2-c2ccc3c4ccccc4n(-c4cccc(-n5c6ccccc6c6ccccc65)c4)c3c2)cc1. The van der Waals surface area contributed by atoms with Crippen LogP contribution >= 0.6 is 0 Å². The monoisotopic (exact) mass is 627 g/mol. The van der Waals surface area contributed by atoms with E-state index in [1.807, 2.05) is 36.4 Å². The van der Waals surface area contributed by atoms with E-state index in [1.54, 1.807) is 0 Å². The Morgan fingerprint density at radius 2 is 0.694 bits per heavy atom. The molecule has 0 bridgehead atoms. The first-order chi connectivity index (χ1) is 24.3. The Labute approximate surface area is 282 Å². The molecule has 0 aliphatic carbocycles. The third kappa shape index (κ3) is 4.26. The van der Waals surface area contributed by atoms with Crippen molar-refractivity contribution in [2.45, 2.75) is 0 Å². The second kappa shape index (κ2) is 10.9. The number of rotatable bonds is 5. The molecule has 7 aromatic carbocycles. The van der Waals surface area contributed by atoms with Crippen molar-refractivity contribution < 1.29 is 0 Å².